The highest BCUT2D eigenvalue weighted by Crippen LogP contribution is 2.40. The first-order valence-electron chi connectivity index (χ1n) is 6.58. The van der Waals surface area contributed by atoms with E-state index in [0.29, 0.717) is 15.6 Å². The Morgan fingerprint density at radius 3 is 2.67 bits per heavy atom. The lowest BCUT2D eigenvalue weighted by Crippen LogP contribution is -2.30. The molecule has 1 aliphatic heterocycles. The number of rotatable bonds is 3. The molecule has 0 spiro atoms. The second-order valence-electron chi connectivity index (χ2n) is 4.79. The van der Waals surface area contributed by atoms with Gasteiger partial charge in [-0.25, -0.2) is 4.79 Å². The van der Waals surface area contributed by atoms with Gasteiger partial charge in [0, 0.05) is 11.6 Å². The summed E-state index contributed by atoms with van der Waals surface area (Å²) in [6, 6.07) is 3.61. The second kappa shape index (κ2) is 6.95. The van der Waals surface area contributed by atoms with E-state index in [1.54, 1.807) is 6.07 Å². The maximum absolute atomic E-state index is 12.0. The largest absolute Gasteiger partial charge is 0.466 e. The highest BCUT2D eigenvalue weighted by atomic mass is 35.5. The average molecular weight is 346 g/mol. The van der Waals surface area contributed by atoms with Crippen LogP contribution >= 0.6 is 35.0 Å². The Labute approximate surface area is 139 Å². The van der Waals surface area contributed by atoms with Gasteiger partial charge < -0.3 is 9.64 Å². The van der Waals surface area contributed by atoms with Crippen LogP contribution in [0.5, 0.6) is 0 Å². The summed E-state index contributed by atoms with van der Waals surface area (Å²) in [5, 5.41) is 2.11. The predicted octanol–water partition coefficient (Wildman–Crippen LogP) is 4.65. The van der Waals surface area contributed by atoms with Gasteiger partial charge in [0.15, 0.2) is 0 Å². The minimum atomic E-state index is -0.271. The third-order valence-corrected chi connectivity index (χ3v) is 4.79. The summed E-state index contributed by atoms with van der Waals surface area (Å²) >= 11 is 14.0. The molecule has 0 bridgehead atoms. The lowest BCUT2D eigenvalue weighted by Gasteiger charge is -2.33. The monoisotopic (exact) mass is 345 g/mol. The molecular weight excluding hydrogens is 329 g/mol. The van der Waals surface area contributed by atoms with E-state index in [-0.39, 0.29) is 5.97 Å². The Morgan fingerprint density at radius 1 is 1.38 bits per heavy atom. The molecule has 0 N–H and O–H groups in total. The number of thioether (sulfide) groups is 1. The van der Waals surface area contributed by atoms with E-state index in [1.165, 1.54) is 18.9 Å². The molecule has 0 saturated heterocycles. The number of hydrogen-bond donors (Lipinski definition) is 0. The third-order valence-electron chi connectivity index (χ3n) is 3.43. The number of hydrogen-bond acceptors (Lipinski definition) is 4. The fourth-order valence-corrected chi connectivity index (χ4v) is 4.11. The minimum Gasteiger partial charge on any atom is -0.466 e. The van der Waals surface area contributed by atoms with Crippen molar-refractivity contribution < 1.29 is 9.53 Å². The van der Waals surface area contributed by atoms with E-state index >= 15 is 0 Å². The van der Waals surface area contributed by atoms with Crippen LogP contribution in [0.2, 0.25) is 10.0 Å². The van der Waals surface area contributed by atoms with Crippen molar-refractivity contribution in [2.75, 3.05) is 24.8 Å². The zero-order chi connectivity index (χ0) is 15.6. The van der Waals surface area contributed by atoms with Crippen LogP contribution in [-0.2, 0) is 9.53 Å². The van der Waals surface area contributed by atoms with Gasteiger partial charge in [0.05, 0.1) is 28.4 Å². The number of nitrogens with zero attached hydrogens (tertiary/aromatic N) is 1. The van der Waals surface area contributed by atoms with Crippen molar-refractivity contribution in [3.63, 3.8) is 0 Å². The van der Waals surface area contributed by atoms with Crippen LogP contribution in [0.15, 0.2) is 22.7 Å². The molecular formula is C15H17Cl2NO2S. The minimum absolute atomic E-state index is 0.271. The van der Waals surface area contributed by atoms with Crippen LogP contribution in [0.3, 0.4) is 0 Å². The number of ether oxygens (including phenoxy) is 1. The van der Waals surface area contributed by atoms with Gasteiger partial charge in [0.2, 0.25) is 0 Å². The van der Waals surface area contributed by atoms with E-state index in [1.807, 2.05) is 19.2 Å². The van der Waals surface area contributed by atoms with Gasteiger partial charge in [-0.1, -0.05) is 23.2 Å². The molecule has 0 unspecified atom stereocenters. The molecule has 0 aromatic heterocycles. The lowest BCUT2D eigenvalue weighted by molar-refractivity contribution is -0.136. The molecule has 1 aromatic rings. The topological polar surface area (TPSA) is 29.5 Å². The number of carbonyl (C=O) groups excluding carboxylic acids is 1. The zero-order valence-corrected chi connectivity index (χ0v) is 14.5. The number of anilines is 1. The van der Waals surface area contributed by atoms with Crippen LogP contribution in [0.25, 0.3) is 0 Å². The van der Waals surface area contributed by atoms with Gasteiger partial charge in [0.1, 0.15) is 0 Å². The molecule has 0 saturated carbocycles. The Hall–Kier alpha value is -0.840. The summed E-state index contributed by atoms with van der Waals surface area (Å²) in [5.41, 5.74) is 2.61. The maximum atomic E-state index is 12.0. The molecule has 0 aliphatic carbocycles. The quantitative estimate of drug-likeness (QED) is 0.745. The Kier molecular flexibility index (Phi) is 5.47. The molecule has 21 heavy (non-hydrogen) atoms. The van der Waals surface area contributed by atoms with E-state index in [2.05, 4.69) is 4.90 Å². The van der Waals surface area contributed by atoms with Crippen LogP contribution < -0.4 is 4.90 Å². The molecule has 3 nitrogen and oxygen atoms in total. The van der Waals surface area contributed by atoms with Crippen molar-refractivity contribution in [2.24, 2.45) is 0 Å². The summed E-state index contributed by atoms with van der Waals surface area (Å²) in [5.74, 6) is -0.271. The van der Waals surface area contributed by atoms with Gasteiger partial charge in [-0.15, -0.1) is 11.8 Å². The summed E-state index contributed by atoms with van der Waals surface area (Å²) in [7, 11) is 1.41. The Morgan fingerprint density at radius 2 is 2.10 bits per heavy atom. The van der Waals surface area contributed by atoms with Crippen molar-refractivity contribution in [1.82, 2.24) is 0 Å². The first-order chi connectivity index (χ1) is 9.99. The van der Waals surface area contributed by atoms with Crippen molar-refractivity contribution in [2.45, 2.75) is 19.8 Å². The van der Waals surface area contributed by atoms with E-state index in [9.17, 15) is 4.79 Å². The van der Waals surface area contributed by atoms with E-state index < -0.39 is 0 Å². The number of methoxy groups -OCH3 is 1. The van der Waals surface area contributed by atoms with Crippen molar-refractivity contribution in [1.29, 1.82) is 0 Å². The molecule has 1 aliphatic rings. The number of benzene rings is 1. The first kappa shape index (κ1) is 16.5. The molecule has 114 valence electrons. The van der Waals surface area contributed by atoms with Crippen LogP contribution in [-0.4, -0.2) is 25.9 Å². The maximum Gasteiger partial charge on any atom is 0.336 e. The first-order valence-corrected chi connectivity index (χ1v) is 8.56. The van der Waals surface area contributed by atoms with E-state index in [4.69, 9.17) is 27.9 Å². The second-order valence-corrected chi connectivity index (χ2v) is 6.43. The van der Waals surface area contributed by atoms with E-state index in [0.717, 1.165) is 35.7 Å². The van der Waals surface area contributed by atoms with Crippen molar-refractivity contribution in [3.8, 4) is 0 Å². The Balaban J connectivity index is 2.55. The Bertz CT molecular complexity index is 578. The summed E-state index contributed by atoms with van der Waals surface area (Å²) in [6.07, 6.45) is 3.56. The molecule has 1 heterocycles. The molecule has 6 heteroatoms. The fraction of sp³-hybridized carbons (Fsp3) is 0.400. The molecule has 1 aromatic carbocycles. The molecule has 2 rings (SSSR count). The molecule has 0 radical (unpaired) electrons. The normalized spacial score (nSPS) is 15.4. The van der Waals surface area contributed by atoms with Crippen molar-refractivity contribution >= 4 is 46.6 Å². The predicted molar refractivity (Wildman–Crippen MR) is 90.3 cm³/mol. The van der Waals surface area contributed by atoms with Gasteiger partial charge >= 0.3 is 5.97 Å². The highest BCUT2D eigenvalue weighted by molar-refractivity contribution is 8.02. The van der Waals surface area contributed by atoms with Gasteiger partial charge in [-0.2, -0.15) is 0 Å². The highest BCUT2D eigenvalue weighted by Gasteiger charge is 2.27. The van der Waals surface area contributed by atoms with Gasteiger partial charge in [-0.05, 0) is 43.7 Å². The SMILES string of the molecule is COC(=O)C1=C(SC)N(c2c(C)cc(Cl)cc2Cl)CCC1. The molecule has 0 atom stereocenters. The third kappa shape index (κ3) is 3.33. The summed E-state index contributed by atoms with van der Waals surface area (Å²) < 4.78 is 4.89. The average Bonchev–Trinajstić information content (AvgIpc) is 2.45. The van der Waals surface area contributed by atoms with Crippen molar-refractivity contribution in [3.05, 3.63) is 38.3 Å². The summed E-state index contributed by atoms with van der Waals surface area (Å²) in [4.78, 5) is 14.1. The lowest BCUT2D eigenvalue weighted by atomic mass is 10.1. The van der Waals surface area contributed by atoms with Gasteiger partial charge in [0.25, 0.3) is 0 Å². The van der Waals surface area contributed by atoms with Gasteiger partial charge in [-0.3, -0.25) is 0 Å². The number of halogens is 2. The number of esters is 1. The number of aryl methyl sites for hydroxylation is 1. The van der Waals surface area contributed by atoms with Crippen LogP contribution in [0, 0.1) is 6.92 Å². The number of carbonyl (C=O) groups is 1. The molecule has 0 amide bonds. The summed E-state index contributed by atoms with van der Waals surface area (Å²) in [6.45, 7) is 2.79. The van der Waals surface area contributed by atoms with Crippen LogP contribution in [0.1, 0.15) is 18.4 Å². The fourth-order valence-electron chi connectivity index (χ4n) is 2.58. The molecule has 0 fully saturated rings. The smallest absolute Gasteiger partial charge is 0.336 e. The van der Waals surface area contributed by atoms with Crippen LogP contribution in [0.4, 0.5) is 5.69 Å². The zero-order valence-electron chi connectivity index (χ0n) is 12.2. The standard InChI is InChI=1S/C15H17Cl2NO2S/c1-9-7-10(16)8-12(17)13(9)18-6-4-5-11(14(18)21-3)15(19)20-2/h7-8H,4-6H2,1-3H3.